The molecule has 2 N–H and O–H groups in total. The summed E-state index contributed by atoms with van der Waals surface area (Å²) in [6, 6.07) is 1.54. The number of hydrogen-bond acceptors (Lipinski definition) is 4. The van der Waals surface area contributed by atoms with Crippen molar-refractivity contribution in [2.24, 2.45) is 7.05 Å². The lowest BCUT2D eigenvalue weighted by Crippen LogP contribution is -2.30. The molecule has 0 bridgehead atoms. The van der Waals surface area contributed by atoms with Gasteiger partial charge in [0.1, 0.15) is 16.7 Å². The molecule has 0 aliphatic rings. The Labute approximate surface area is 126 Å². The van der Waals surface area contributed by atoms with E-state index in [1.54, 1.807) is 25.6 Å². The third-order valence-electron chi connectivity index (χ3n) is 2.63. The zero-order valence-electron chi connectivity index (χ0n) is 10.7. The molecule has 8 heteroatoms. The standard InChI is InChI=1S/C12H13Cl2N5O/c1-19-9(6-8(13)11(19)14)12(20)18-5-4-17-10-7-15-2-3-16-10/h2-3,6-7H,4-5H2,1H3,(H,16,17)(H,18,20). The number of amides is 1. The van der Waals surface area contributed by atoms with E-state index in [0.717, 1.165) is 0 Å². The Morgan fingerprint density at radius 3 is 2.75 bits per heavy atom. The van der Waals surface area contributed by atoms with E-state index < -0.39 is 0 Å². The summed E-state index contributed by atoms with van der Waals surface area (Å²) < 4.78 is 1.54. The molecule has 2 aromatic rings. The third-order valence-corrected chi connectivity index (χ3v) is 3.47. The highest BCUT2D eigenvalue weighted by Gasteiger charge is 2.14. The number of nitrogens with zero attached hydrogens (tertiary/aromatic N) is 3. The maximum absolute atomic E-state index is 11.9. The monoisotopic (exact) mass is 313 g/mol. The largest absolute Gasteiger partial charge is 0.367 e. The number of anilines is 1. The highest BCUT2D eigenvalue weighted by molar-refractivity contribution is 6.41. The summed E-state index contributed by atoms with van der Waals surface area (Å²) in [5.41, 5.74) is 0.416. The number of nitrogens with one attached hydrogen (secondary N) is 2. The highest BCUT2D eigenvalue weighted by Crippen LogP contribution is 2.24. The number of carbonyl (C=O) groups is 1. The average Bonchev–Trinajstić information content (AvgIpc) is 2.72. The van der Waals surface area contributed by atoms with Crippen LogP contribution < -0.4 is 10.6 Å². The summed E-state index contributed by atoms with van der Waals surface area (Å²) >= 11 is 11.8. The molecular formula is C12H13Cl2N5O. The van der Waals surface area contributed by atoms with Crippen LogP contribution in [0, 0.1) is 0 Å². The van der Waals surface area contributed by atoms with Crippen LogP contribution in [-0.2, 0) is 7.05 Å². The summed E-state index contributed by atoms with van der Waals surface area (Å²) in [5, 5.41) is 6.50. The van der Waals surface area contributed by atoms with Crippen molar-refractivity contribution < 1.29 is 4.79 Å². The highest BCUT2D eigenvalue weighted by atomic mass is 35.5. The molecule has 2 aromatic heterocycles. The Morgan fingerprint density at radius 2 is 2.15 bits per heavy atom. The minimum Gasteiger partial charge on any atom is -0.367 e. The molecule has 2 heterocycles. The molecule has 0 saturated heterocycles. The van der Waals surface area contributed by atoms with Gasteiger partial charge in [0.2, 0.25) is 0 Å². The second-order valence-electron chi connectivity index (χ2n) is 4.00. The molecule has 0 fully saturated rings. The van der Waals surface area contributed by atoms with Gasteiger partial charge in [-0.15, -0.1) is 0 Å². The van der Waals surface area contributed by atoms with Crippen molar-refractivity contribution in [3.05, 3.63) is 40.5 Å². The zero-order chi connectivity index (χ0) is 14.5. The van der Waals surface area contributed by atoms with E-state index in [-0.39, 0.29) is 5.91 Å². The van der Waals surface area contributed by atoms with Gasteiger partial charge in [0, 0.05) is 32.5 Å². The molecule has 1 amide bonds. The van der Waals surface area contributed by atoms with Crippen LogP contribution in [-0.4, -0.2) is 33.5 Å². The van der Waals surface area contributed by atoms with E-state index in [0.29, 0.717) is 34.8 Å². The molecule has 0 aliphatic carbocycles. The number of hydrogen-bond donors (Lipinski definition) is 2. The van der Waals surface area contributed by atoms with E-state index in [1.165, 1.54) is 10.6 Å². The van der Waals surface area contributed by atoms with Crippen molar-refractivity contribution in [3.8, 4) is 0 Å². The smallest absolute Gasteiger partial charge is 0.268 e. The summed E-state index contributed by atoms with van der Waals surface area (Å²) in [6.45, 7) is 0.978. The van der Waals surface area contributed by atoms with E-state index >= 15 is 0 Å². The van der Waals surface area contributed by atoms with Crippen LogP contribution in [0.4, 0.5) is 5.82 Å². The first-order valence-electron chi connectivity index (χ1n) is 5.88. The second-order valence-corrected chi connectivity index (χ2v) is 4.77. The van der Waals surface area contributed by atoms with Crippen molar-refractivity contribution in [2.75, 3.05) is 18.4 Å². The van der Waals surface area contributed by atoms with Gasteiger partial charge in [-0.25, -0.2) is 4.98 Å². The molecule has 6 nitrogen and oxygen atoms in total. The van der Waals surface area contributed by atoms with Gasteiger partial charge >= 0.3 is 0 Å². The molecule has 0 aliphatic heterocycles. The Kier molecular flexibility index (Phi) is 4.81. The predicted molar refractivity (Wildman–Crippen MR) is 78.3 cm³/mol. The fourth-order valence-corrected chi connectivity index (χ4v) is 1.98. The Bertz CT molecular complexity index is 599. The molecular weight excluding hydrogens is 301 g/mol. The van der Waals surface area contributed by atoms with E-state index in [2.05, 4.69) is 20.6 Å². The minimum atomic E-state index is -0.234. The van der Waals surface area contributed by atoms with Gasteiger partial charge < -0.3 is 15.2 Å². The van der Waals surface area contributed by atoms with Crippen LogP contribution in [0.25, 0.3) is 0 Å². The summed E-state index contributed by atoms with van der Waals surface area (Å²) in [7, 11) is 1.68. The van der Waals surface area contributed by atoms with Gasteiger partial charge in [-0.3, -0.25) is 9.78 Å². The predicted octanol–water partition coefficient (Wildman–Crippen LogP) is 1.96. The fraction of sp³-hybridized carbons (Fsp3) is 0.250. The summed E-state index contributed by atoms with van der Waals surface area (Å²) in [4.78, 5) is 19.9. The molecule has 0 saturated carbocycles. The maximum atomic E-state index is 11.9. The lowest BCUT2D eigenvalue weighted by molar-refractivity contribution is 0.0947. The average molecular weight is 314 g/mol. The Hall–Kier alpha value is -1.79. The van der Waals surface area contributed by atoms with Gasteiger partial charge in [0.05, 0.1) is 11.2 Å². The number of carbonyl (C=O) groups excluding carboxylic acids is 1. The number of rotatable bonds is 5. The van der Waals surface area contributed by atoms with Crippen molar-refractivity contribution in [1.29, 1.82) is 0 Å². The fourth-order valence-electron chi connectivity index (χ4n) is 1.61. The first kappa shape index (κ1) is 14.6. The lowest BCUT2D eigenvalue weighted by Gasteiger charge is -2.07. The van der Waals surface area contributed by atoms with Crippen molar-refractivity contribution in [3.63, 3.8) is 0 Å². The van der Waals surface area contributed by atoms with E-state index in [1.807, 2.05) is 0 Å². The first-order valence-corrected chi connectivity index (χ1v) is 6.64. The molecule has 106 valence electrons. The minimum absolute atomic E-state index is 0.234. The summed E-state index contributed by atoms with van der Waals surface area (Å²) in [5.74, 6) is 0.425. The van der Waals surface area contributed by atoms with E-state index in [4.69, 9.17) is 23.2 Å². The Balaban J connectivity index is 1.82. The van der Waals surface area contributed by atoms with Crippen molar-refractivity contribution in [2.45, 2.75) is 0 Å². The lowest BCUT2D eigenvalue weighted by atomic mass is 10.4. The number of halogens is 2. The van der Waals surface area contributed by atoms with Crippen molar-refractivity contribution in [1.82, 2.24) is 19.9 Å². The second kappa shape index (κ2) is 6.58. The molecule has 0 aromatic carbocycles. The van der Waals surface area contributed by atoms with Crippen LogP contribution in [0.1, 0.15) is 10.5 Å². The van der Waals surface area contributed by atoms with Crippen LogP contribution in [0.3, 0.4) is 0 Å². The van der Waals surface area contributed by atoms with Gasteiger partial charge in [0.25, 0.3) is 5.91 Å². The normalized spacial score (nSPS) is 10.3. The number of aromatic nitrogens is 3. The van der Waals surface area contributed by atoms with Gasteiger partial charge in [-0.2, -0.15) is 0 Å². The van der Waals surface area contributed by atoms with Crippen LogP contribution in [0.5, 0.6) is 0 Å². The van der Waals surface area contributed by atoms with Crippen LogP contribution in [0.15, 0.2) is 24.7 Å². The van der Waals surface area contributed by atoms with E-state index in [9.17, 15) is 4.79 Å². The quantitative estimate of drug-likeness (QED) is 0.828. The third kappa shape index (κ3) is 3.40. The molecule has 0 unspecified atom stereocenters. The van der Waals surface area contributed by atoms with Crippen molar-refractivity contribution >= 4 is 34.9 Å². The molecule has 20 heavy (non-hydrogen) atoms. The SMILES string of the molecule is Cn1c(C(=O)NCCNc2cnccn2)cc(Cl)c1Cl. The first-order chi connectivity index (χ1) is 9.59. The van der Waals surface area contributed by atoms with Crippen LogP contribution >= 0.6 is 23.2 Å². The topological polar surface area (TPSA) is 71.8 Å². The van der Waals surface area contributed by atoms with Gasteiger partial charge in [-0.1, -0.05) is 23.2 Å². The maximum Gasteiger partial charge on any atom is 0.268 e. The van der Waals surface area contributed by atoms with Gasteiger partial charge in [0.15, 0.2) is 0 Å². The van der Waals surface area contributed by atoms with Gasteiger partial charge in [-0.05, 0) is 6.07 Å². The molecule has 0 radical (unpaired) electrons. The molecule has 0 atom stereocenters. The Morgan fingerprint density at radius 1 is 1.35 bits per heavy atom. The summed E-state index contributed by atoms with van der Waals surface area (Å²) in [6.07, 6.45) is 4.79. The zero-order valence-corrected chi connectivity index (χ0v) is 12.2. The molecule has 0 spiro atoms. The molecule has 2 rings (SSSR count). The van der Waals surface area contributed by atoms with Crippen LogP contribution in [0.2, 0.25) is 10.2 Å².